The van der Waals surface area contributed by atoms with Crippen molar-refractivity contribution in [1.29, 1.82) is 0 Å². The lowest BCUT2D eigenvalue weighted by molar-refractivity contribution is 0.422. The van der Waals surface area contributed by atoms with Crippen molar-refractivity contribution in [3.05, 3.63) is 34.1 Å². The van der Waals surface area contributed by atoms with Crippen LogP contribution in [0, 0.1) is 6.92 Å². The first kappa shape index (κ1) is 15.9. The summed E-state index contributed by atoms with van der Waals surface area (Å²) in [6, 6.07) is 6.36. The molecule has 20 heavy (non-hydrogen) atoms. The second-order valence-corrected chi connectivity index (χ2v) is 8.52. The molecule has 3 nitrogen and oxygen atoms in total. The molecule has 0 radical (unpaired) electrons. The molecule has 108 valence electrons. The number of aromatic nitrogens is 2. The molecule has 0 bridgehead atoms. The molecule has 1 aromatic carbocycles. The summed E-state index contributed by atoms with van der Waals surface area (Å²) in [5, 5.41) is 3.53. The van der Waals surface area contributed by atoms with E-state index in [1.54, 1.807) is 11.8 Å². The van der Waals surface area contributed by atoms with Crippen LogP contribution < -0.4 is 5.32 Å². The summed E-state index contributed by atoms with van der Waals surface area (Å²) in [6.45, 7) is 9.27. The highest BCUT2D eigenvalue weighted by Gasteiger charge is 2.12. The third-order valence-electron chi connectivity index (χ3n) is 2.54. The van der Waals surface area contributed by atoms with Gasteiger partial charge in [-0.2, -0.15) is 4.37 Å². The molecule has 2 rings (SSSR count). The maximum atomic E-state index is 4.42. The Morgan fingerprint density at radius 1 is 1.35 bits per heavy atom. The van der Waals surface area contributed by atoms with Gasteiger partial charge in [0.15, 0.2) is 4.34 Å². The first-order valence-electron chi connectivity index (χ1n) is 6.35. The van der Waals surface area contributed by atoms with E-state index < -0.39 is 0 Å². The standard InChI is InChI=1S/C14H18BrN3S2/c1-9-17-13(20-18-9)19-12-6-5-11(15)7-10(12)8-16-14(2,3)4/h5-7,16H,8H2,1-4H3. The van der Waals surface area contributed by atoms with Crippen molar-refractivity contribution in [2.45, 2.75) is 49.0 Å². The zero-order valence-corrected chi connectivity index (χ0v) is 15.2. The minimum Gasteiger partial charge on any atom is -0.308 e. The van der Waals surface area contributed by atoms with Crippen molar-refractivity contribution >= 4 is 39.2 Å². The molecule has 2 aromatic rings. The molecule has 0 aliphatic rings. The van der Waals surface area contributed by atoms with Crippen LogP contribution in [0.3, 0.4) is 0 Å². The number of aryl methyl sites for hydroxylation is 1. The van der Waals surface area contributed by atoms with Crippen LogP contribution in [-0.4, -0.2) is 14.9 Å². The van der Waals surface area contributed by atoms with Crippen LogP contribution in [0.5, 0.6) is 0 Å². The third-order valence-corrected chi connectivity index (χ3v) is 4.99. The monoisotopic (exact) mass is 371 g/mol. The minimum absolute atomic E-state index is 0.101. The van der Waals surface area contributed by atoms with E-state index in [1.165, 1.54) is 22.0 Å². The average molecular weight is 372 g/mol. The number of hydrogen-bond donors (Lipinski definition) is 1. The van der Waals surface area contributed by atoms with E-state index in [2.05, 4.69) is 69.6 Å². The first-order chi connectivity index (χ1) is 9.33. The number of halogens is 1. The lowest BCUT2D eigenvalue weighted by Gasteiger charge is -2.21. The number of nitrogens with one attached hydrogen (secondary N) is 1. The Morgan fingerprint density at radius 3 is 2.70 bits per heavy atom. The Labute approximate surface area is 136 Å². The number of rotatable bonds is 4. The maximum Gasteiger partial charge on any atom is 0.174 e. The Morgan fingerprint density at radius 2 is 2.10 bits per heavy atom. The molecule has 1 aromatic heterocycles. The van der Waals surface area contributed by atoms with Gasteiger partial charge in [0.1, 0.15) is 5.82 Å². The van der Waals surface area contributed by atoms with Gasteiger partial charge in [-0.3, -0.25) is 0 Å². The van der Waals surface area contributed by atoms with Crippen molar-refractivity contribution in [1.82, 2.24) is 14.7 Å². The van der Waals surface area contributed by atoms with Crippen LogP contribution in [-0.2, 0) is 6.54 Å². The lowest BCUT2D eigenvalue weighted by atomic mass is 10.1. The molecule has 0 fully saturated rings. The zero-order chi connectivity index (χ0) is 14.8. The van der Waals surface area contributed by atoms with E-state index in [4.69, 9.17) is 0 Å². The van der Waals surface area contributed by atoms with Gasteiger partial charge in [0.2, 0.25) is 0 Å². The Balaban J connectivity index is 2.19. The van der Waals surface area contributed by atoms with Crippen molar-refractivity contribution in [2.24, 2.45) is 0 Å². The van der Waals surface area contributed by atoms with Crippen LogP contribution in [0.4, 0.5) is 0 Å². The number of nitrogens with zero attached hydrogens (tertiary/aromatic N) is 2. The summed E-state index contributed by atoms with van der Waals surface area (Å²) >= 11 is 6.67. The highest BCUT2D eigenvalue weighted by Crippen LogP contribution is 2.33. The highest BCUT2D eigenvalue weighted by molar-refractivity contribution is 9.10. The van der Waals surface area contributed by atoms with Crippen LogP contribution in [0.25, 0.3) is 0 Å². The largest absolute Gasteiger partial charge is 0.308 e. The second-order valence-electron chi connectivity index (χ2n) is 5.57. The highest BCUT2D eigenvalue weighted by atomic mass is 79.9. The van der Waals surface area contributed by atoms with E-state index in [-0.39, 0.29) is 5.54 Å². The van der Waals surface area contributed by atoms with E-state index in [1.807, 2.05) is 6.92 Å². The van der Waals surface area contributed by atoms with Crippen molar-refractivity contribution < 1.29 is 0 Å². The Kier molecular flexibility index (Phi) is 5.23. The van der Waals surface area contributed by atoms with Crippen molar-refractivity contribution in [3.63, 3.8) is 0 Å². The molecule has 6 heteroatoms. The summed E-state index contributed by atoms with van der Waals surface area (Å²) in [6.07, 6.45) is 0. The fourth-order valence-corrected chi connectivity index (χ4v) is 3.69. The molecule has 0 amide bonds. The van der Waals surface area contributed by atoms with Crippen LogP contribution in [0.2, 0.25) is 0 Å². The molecule has 0 spiro atoms. The van der Waals surface area contributed by atoms with E-state index in [0.717, 1.165) is 21.2 Å². The van der Waals surface area contributed by atoms with Gasteiger partial charge in [-0.05, 0) is 63.0 Å². The summed E-state index contributed by atoms with van der Waals surface area (Å²) < 4.78 is 6.32. The van der Waals surface area contributed by atoms with Crippen molar-refractivity contribution in [3.8, 4) is 0 Å². The van der Waals surface area contributed by atoms with Gasteiger partial charge in [-0.25, -0.2) is 4.98 Å². The molecule has 1 heterocycles. The van der Waals surface area contributed by atoms with Crippen LogP contribution in [0.1, 0.15) is 32.2 Å². The quantitative estimate of drug-likeness (QED) is 0.848. The predicted octanol–water partition coefficient (Wildman–Crippen LogP) is 4.65. The molecular weight excluding hydrogens is 354 g/mol. The van der Waals surface area contributed by atoms with Gasteiger partial charge in [-0.1, -0.05) is 27.7 Å². The fraction of sp³-hybridized carbons (Fsp3) is 0.429. The summed E-state index contributed by atoms with van der Waals surface area (Å²) in [7, 11) is 0. The average Bonchev–Trinajstić information content (AvgIpc) is 2.74. The summed E-state index contributed by atoms with van der Waals surface area (Å²) in [4.78, 5) is 5.64. The van der Waals surface area contributed by atoms with Gasteiger partial charge < -0.3 is 5.32 Å². The molecule has 0 atom stereocenters. The summed E-state index contributed by atoms with van der Waals surface area (Å²) in [5.41, 5.74) is 1.37. The molecule has 1 N–H and O–H groups in total. The predicted molar refractivity (Wildman–Crippen MR) is 89.5 cm³/mol. The lowest BCUT2D eigenvalue weighted by Crippen LogP contribution is -2.35. The topological polar surface area (TPSA) is 37.8 Å². The molecule has 0 aliphatic heterocycles. The van der Waals surface area contributed by atoms with E-state index in [0.29, 0.717) is 0 Å². The second kappa shape index (κ2) is 6.56. The molecule has 0 unspecified atom stereocenters. The number of hydrogen-bond acceptors (Lipinski definition) is 5. The zero-order valence-electron chi connectivity index (χ0n) is 12.0. The smallest absolute Gasteiger partial charge is 0.174 e. The van der Waals surface area contributed by atoms with Gasteiger partial charge in [0.05, 0.1) is 0 Å². The molecular formula is C14H18BrN3S2. The molecule has 0 saturated heterocycles. The Bertz CT molecular complexity index is 590. The van der Waals surface area contributed by atoms with Gasteiger partial charge >= 0.3 is 0 Å². The molecule has 0 aliphatic carbocycles. The van der Waals surface area contributed by atoms with Gasteiger partial charge in [0, 0.05) is 21.5 Å². The Hall–Kier alpha value is -0.430. The number of benzene rings is 1. The van der Waals surface area contributed by atoms with Gasteiger partial charge in [0.25, 0.3) is 0 Å². The van der Waals surface area contributed by atoms with E-state index >= 15 is 0 Å². The summed E-state index contributed by atoms with van der Waals surface area (Å²) in [5.74, 6) is 0.837. The SMILES string of the molecule is Cc1nsc(Sc2ccc(Br)cc2CNC(C)(C)C)n1. The van der Waals surface area contributed by atoms with Crippen molar-refractivity contribution in [2.75, 3.05) is 0 Å². The third kappa shape index (κ3) is 4.84. The first-order valence-corrected chi connectivity index (χ1v) is 8.73. The van der Waals surface area contributed by atoms with Crippen LogP contribution >= 0.6 is 39.2 Å². The normalized spacial score (nSPS) is 11.8. The van der Waals surface area contributed by atoms with E-state index in [9.17, 15) is 0 Å². The minimum atomic E-state index is 0.101. The fourth-order valence-electron chi connectivity index (χ4n) is 1.56. The van der Waals surface area contributed by atoms with Gasteiger partial charge in [-0.15, -0.1) is 0 Å². The molecule has 0 saturated carbocycles. The van der Waals surface area contributed by atoms with Crippen LogP contribution in [0.15, 0.2) is 31.9 Å². The maximum absolute atomic E-state index is 4.42.